The van der Waals surface area contributed by atoms with Gasteiger partial charge in [-0.15, -0.1) is 16.9 Å². The fourth-order valence-corrected chi connectivity index (χ4v) is 5.28. The summed E-state index contributed by atoms with van der Waals surface area (Å²) in [6.07, 6.45) is 6.10. The molecule has 2 N–H and O–H groups in total. The van der Waals surface area contributed by atoms with Crippen LogP contribution < -0.4 is 11.2 Å². The van der Waals surface area contributed by atoms with Gasteiger partial charge in [-0.1, -0.05) is 11.6 Å². The largest absolute Gasteiger partial charge is 0.395 e. The van der Waals surface area contributed by atoms with Crippen LogP contribution in [0.4, 0.5) is 3.89 Å². The van der Waals surface area contributed by atoms with Crippen molar-refractivity contribution in [3.05, 3.63) is 44.5 Å². The third-order valence-electron chi connectivity index (χ3n) is 5.36. The van der Waals surface area contributed by atoms with Crippen molar-refractivity contribution in [2.24, 2.45) is 0 Å². The van der Waals surface area contributed by atoms with Gasteiger partial charge in [-0.25, -0.2) is 4.79 Å². The first-order valence-electron chi connectivity index (χ1n) is 10.3. The van der Waals surface area contributed by atoms with Crippen molar-refractivity contribution in [1.82, 2.24) is 24.1 Å². The Bertz CT molecular complexity index is 979. The molecule has 0 bridgehead atoms. The number of halogens is 1. The van der Waals surface area contributed by atoms with E-state index in [2.05, 4.69) is 10.3 Å². The molecule has 31 heavy (non-hydrogen) atoms. The number of aryl methyl sites for hydroxylation is 3. The number of nitrogens with zero attached hydrogens (tertiary/aromatic N) is 5. The maximum atomic E-state index is 12.9. The van der Waals surface area contributed by atoms with Gasteiger partial charge >= 0.3 is 5.69 Å². The summed E-state index contributed by atoms with van der Waals surface area (Å²) in [5.41, 5.74) is 0.643. The van der Waals surface area contributed by atoms with Crippen LogP contribution in [0.25, 0.3) is 0 Å². The molecule has 0 spiro atoms. The molecule has 0 radical (unpaired) electrons. The highest BCUT2D eigenvalue weighted by molar-refractivity contribution is 8.00. The van der Waals surface area contributed by atoms with Crippen LogP contribution in [0, 0.1) is 6.92 Å². The third-order valence-corrected chi connectivity index (χ3v) is 7.24. The van der Waals surface area contributed by atoms with Crippen LogP contribution in [-0.4, -0.2) is 58.1 Å². The van der Waals surface area contributed by atoms with Gasteiger partial charge in [0.2, 0.25) is 0 Å². The number of unbranched alkanes of at least 4 members (excludes halogenated alkanes) is 2. The summed E-state index contributed by atoms with van der Waals surface area (Å²) in [5, 5.41) is 26.8. The molecule has 3 unspecified atom stereocenters. The third kappa shape index (κ3) is 5.99. The van der Waals surface area contributed by atoms with Crippen molar-refractivity contribution in [3.8, 4) is 0 Å². The highest BCUT2D eigenvalue weighted by Crippen LogP contribution is 2.40. The number of aliphatic hydroxyl groups excluding tert-OH is 2. The van der Waals surface area contributed by atoms with E-state index < -0.39 is 6.10 Å². The van der Waals surface area contributed by atoms with Crippen LogP contribution >= 0.6 is 23.9 Å². The predicted molar refractivity (Wildman–Crippen MR) is 119 cm³/mol. The summed E-state index contributed by atoms with van der Waals surface area (Å²) in [5.74, 6) is 0.338. The Hall–Kier alpha value is -1.63. The van der Waals surface area contributed by atoms with E-state index in [0.717, 1.165) is 25.0 Å². The lowest BCUT2D eigenvalue weighted by Gasteiger charge is -2.16. The van der Waals surface area contributed by atoms with E-state index in [1.807, 2.05) is 6.20 Å². The van der Waals surface area contributed by atoms with Crippen molar-refractivity contribution >= 4 is 23.9 Å². The van der Waals surface area contributed by atoms with Crippen LogP contribution in [-0.2, 0) is 19.5 Å². The first kappa shape index (κ1) is 24.0. The van der Waals surface area contributed by atoms with Gasteiger partial charge in [0.25, 0.3) is 5.56 Å². The van der Waals surface area contributed by atoms with Gasteiger partial charge in [0, 0.05) is 48.8 Å². The van der Waals surface area contributed by atoms with Crippen LogP contribution in [0.3, 0.4) is 0 Å². The normalized spacial score (nSPS) is 21.1. The average Bonchev–Trinajstić information content (AvgIpc) is 3.37. The molecule has 0 saturated carbocycles. The SMILES string of the molecule is Cc1cn(C2CC(O)C(CO)S2)c(=O)n(CCCCCc2cn(CCSF)nn2)c1=O. The molecule has 0 aliphatic carbocycles. The number of thioether (sulfide) groups is 1. The number of aromatic nitrogens is 5. The fourth-order valence-electron chi connectivity index (χ4n) is 3.66. The Morgan fingerprint density at radius 2 is 2.06 bits per heavy atom. The van der Waals surface area contributed by atoms with Crippen LogP contribution in [0.2, 0.25) is 0 Å². The van der Waals surface area contributed by atoms with E-state index in [1.54, 1.807) is 17.8 Å². The molecule has 0 aromatic carbocycles. The summed E-state index contributed by atoms with van der Waals surface area (Å²) in [6.45, 7) is 2.33. The summed E-state index contributed by atoms with van der Waals surface area (Å²) in [6, 6.07) is 0. The van der Waals surface area contributed by atoms with Crippen LogP contribution in [0.15, 0.2) is 22.0 Å². The van der Waals surface area contributed by atoms with Crippen molar-refractivity contribution in [1.29, 1.82) is 0 Å². The molecule has 1 aliphatic heterocycles. The molecular formula is C19H28FN5O4S2. The van der Waals surface area contributed by atoms with E-state index in [0.29, 0.717) is 37.2 Å². The van der Waals surface area contributed by atoms with E-state index in [4.69, 9.17) is 0 Å². The number of hydrogen-bond acceptors (Lipinski definition) is 8. The summed E-state index contributed by atoms with van der Waals surface area (Å²) >= 11 is 1.63. The molecule has 12 heteroatoms. The van der Waals surface area contributed by atoms with E-state index in [9.17, 15) is 23.7 Å². The zero-order valence-electron chi connectivity index (χ0n) is 17.4. The minimum absolute atomic E-state index is 0.154. The molecule has 0 amide bonds. The molecule has 1 saturated heterocycles. The van der Waals surface area contributed by atoms with Gasteiger partial charge in [-0.2, -0.15) is 3.89 Å². The summed E-state index contributed by atoms with van der Waals surface area (Å²) in [4.78, 5) is 25.4. The molecule has 1 aliphatic rings. The molecule has 3 atom stereocenters. The Balaban J connectivity index is 1.56. The molecule has 1 fully saturated rings. The molecule has 2 aromatic heterocycles. The van der Waals surface area contributed by atoms with Gasteiger partial charge in [-0.3, -0.25) is 18.6 Å². The quantitative estimate of drug-likeness (QED) is 0.469. The van der Waals surface area contributed by atoms with Gasteiger partial charge in [0.05, 0.1) is 35.6 Å². The smallest absolute Gasteiger partial charge is 0.331 e. The maximum absolute atomic E-state index is 12.9. The number of hydrogen-bond donors (Lipinski definition) is 2. The highest BCUT2D eigenvalue weighted by Gasteiger charge is 2.35. The van der Waals surface area contributed by atoms with Crippen molar-refractivity contribution in [2.45, 2.75) is 68.8 Å². The zero-order chi connectivity index (χ0) is 22.4. The van der Waals surface area contributed by atoms with Gasteiger partial charge in [-0.05, 0) is 26.2 Å². The van der Waals surface area contributed by atoms with E-state index >= 15 is 0 Å². The number of rotatable bonds is 11. The minimum atomic E-state index is -0.679. The molecule has 9 nitrogen and oxygen atoms in total. The lowest BCUT2D eigenvalue weighted by molar-refractivity contribution is 0.137. The molecule has 2 aromatic rings. The monoisotopic (exact) mass is 473 g/mol. The summed E-state index contributed by atoms with van der Waals surface area (Å²) in [7, 11) is 0. The fraction of sp³-hybridized carbons (Fsp3) is 0.684. The van der Waals surface area contributed by atoms with Crippen molar-refractivity contribution in [2.75, 3.05) is 12.4 Å². The van der Waals surface area contributed by atoms with E-state index in [1.165, 1.54) is 20.9 Å². The lowest BCUT2D eigenvalue weighted by atomic mass is 10.1. The van der Waals surface area contributed by atoms with Gasteiger partial charge < -0.3 is 10.2 Å². The Labute approximate surface area is 188 Å². The second-order valence-electron chi connectivity index (χ2n) is 7.67. The maximum Gasteiger partial charge on any atom is 0.331 e. The van der Waals surface area contributed by atoms with Crippen LogP contribution in [0.5, 0.6) is 0 Å². The predicted octanol–water partition coefficient (Wildman–Crippen LogP) is 1.30. The molecule has 172 valence electrons. The summed E-state index contributed by atoms with van der Waals surface area (Å²) < 4.78 is 16.5. The van der Waals surface area contributed by atoms with Gasteiger partial charge in [0.1, 0.15) is 0 Å². The zero-order valence-corrected chi connectivity index (χ0v) is 19.0. The Morgan fingerprint density at radius 1 is 1.26 bits per heavy atom. The Morgan fingerprint density at radius 3 is 2.77 bits per heavy atom. The second kappa shape index (κ2) is 11.3. The Kier molecular flexibility index (Phi) is 8.76. The molecular weight excluding hydrogens is 445 g/mol. The highest BCUT2D eigenvalue weighted by atomic mass is 32.2. The average molecular weight is 474 g/mol. The number of aliphatic hydroxyl groups is 2. The molecule has 3 heterocycles. The lowest BCUT2D eigenvalue weighted by Crippen LogP contribution is -2.41. The molecule has 3 rings (SSSR count). The topological polar surface area (TPSA) is 115 Å². The second-order valence-corrected chi connectivity index (χ2v) is 9.72. The first-order chi connectivity index (χ1) is 14.9. The van der Waals surface area contributed by atoms with Crippen molar-refractivity contribution in [3.63, 3.8) is 0 Å². The van der Waals surface area contributed by atoms with E-state index in [-0.39, 0.29) is 40.6 Å². The minimum Gasteiger partial charge on any atom is -0.395 e. The standard InChI is InChI=1S/C19H28FN5O4S2/c1-13-10-25(17-9-15(27)16(12-26)31-17)19(29)24(18(13)28)6-4-2-3-5-14-11-23(22-21-14)7-8-30-20/h10-11,15-17,26-27H,2-9,12H2,1H3. The van der Waals surface area contributed by atoms with Gasteiger partial charge in [0.15, 0.2) is 0 Å². The first-order valence-corrected chi connectivity index (χ1v) is 12.2. The van der Waals surface area contributed by atoms with Crippen LogP contribution in [0.1, 0.15) is 42.3 Å². The van der Waals surface area contributed by atoms with Crippen molar-refractivity contribution < 1.29 is 14.1 Å².